The van der Waals surface area contributed by atoms with Gasteiger partial charge in [-0.05, 0) is 11.8 Å². The topological polar surface area (TPSA) is 0 Å². The molecule has 0 aromatic rings. The van der Waals surface area contributed by atoms with Gasteiger partial charge < -0.3 is 0 Å². The third kappa shape index (κ3) is 2.71. The third-order valence-electron chi connectivity index (χ3n) is 1.78. The summed E-state index contributed by atoms with van der Waals surface area (Å²) in [5.74, 6) is 1.58. The summed E-state index contributed by atoms with van der Waals surface area (Å²) >= 11 is 3.54. The van der Waals surface area contributed by atoms with Crippen LogP contribution in [0.5, 0.6) is 0 Å². The molecule has 0 aromatic carbocycles. The number of alkyl halides is 1. The van der Waals surface area contributed by atoms with Crippen molar-refractivity contribution in [3.63, 3.8) is 0 Å². The molecule has 0 heterocycles. The Bertz CT molecular complexity index is 49.4. The fourth-order valence-electron chi connectivity index (χ4n) is 0.530. The Hall–Kier alpha value is 0.480. The first-order valence-electron chi connectivity index (χ1n) is 3.19. The molecular formula is C7H15Br. The first kappa shape index (κ1) is 8.48. The molecular weight excluding hydrogens is 164 g/mol. The summed E-state index contributed by atoms with van der Waals surface area (Å²) < 4.78 is 0. The zero-order valence-electron chi connectivity index (χ0n) is 6.11. The molecule has 2 unspecified atom stereocenters. The summed E-state index contributed by atoms with van der Waals surface area (Å²) in [6.07, 6.45) is 0. The molecule has 0 bridgehead atoms. The SMILES string of the molecule is CC(C)C(C)C(C)Br. The first-order chi connectivity index (χ1) is 3.55. The largest absolute Gasteiger partial charge is 0.0891 e. The maximum absolute atomic E-state index is 3.54. The maximum atomic E-state index is 3.54. The Balaban J connectivity index is 3.46. The Morgan fingerprint density at radius 3 is 1.38 bits per heavy atom. The van der Waals surface area contributed by atoms with Crippen LogP contribution >= 0.6 is 15.9 Å². The smallest absolute Gasteiger partial charge is 0.0145 e. The highest BCUT2D eigenvalue weighted by Gasteiger charge is 2.11. The molecule has 0 fully saturated rings. The van der Waals surface area contributed by atoms with E-state index in [1.54, 1.807) is 0 Å². The molecule has 0 aliphatic carbocycles. The molecule has 0 aromatic heterocycles. The second-order valence-corrected chi connectivity index (χ2v) is 4.23. The average Bonchev–Trinajstić information content (AvgIpc) is 1.64. The highest BCUT2D eigenvalue weighted by molar-refractivity contribution is 9.09. The lowest BCUT2D eigenvalue weighted by Crippen LogP contribution is -2.12. The van der Waals surface area contributed by atoms with Gasteiger partial charge >= 0.3 is 0 Å². The molecule has 0 amide bonds. The number of rotatable bonds is 2. The van der Waals surface area contributed by atoms with E-state index in [-0.39, 0.29) is 0 Å². The van der Waals surface area contributed by atoms with Crippen LogP contribution in [0.1, 0.15) is 27.7 Å². The van der Waals surface area contributed by atoms with Gasteiger partial charge in [0.15, 0.2) is 0 Å². The summed E-state index contributed by atoms with van der Waals surface area (Å²) in [5.41, 5.74) is 0. The first-order valence-corrected chi connectivity index (χ1v) is 4.11. The van der Waals surface area contributed by atoms with E-state index >= 15 is 0 Å². The molecule has 0 saturated carbocycles. The van der Waals surface area contributed by atoms with E-state index < -0.39 is 0 Å². The van der Waals surface area contributed by atoms with Gasteiger partial charge in [-0.25, -0.2) is 0 Å². The standard InChI is InChI=1S/C7H15Br/c1-5(2)6(3)7(4)8/h5-7H,1-4H3. The van der Waals surface area contributed by atoms with Crippen LogP contribution in [0.15, 0.2) is 0 Å². The Kier molecular flexibility index (Phi) is 3.70. The minimum atomic E-state index is 0.655. The molecule has 0 rings (SSSR count). The van der Waals surface area contributed by atoms with Crippen LogP contribution in [-0.4, -0.2) is 4.83 Å². The van der Waals surface area contributed by atoms with E-state index in [1.807, 2.05) is 0 Å². The predicted octanol–water partition coefficient (Wildman–Crippen LogP) is 3.06. The van der Waals surface area contributed by atoms with Crippen LogP contribution < -0.4 is 0 Å². The van der Waals surface area contributed by atoms with Gasteiger partial charge in [-0.1, -0.05) is 43.6 Å². The lowest BCUT2D eigenvalue weighted by atomic mass is 9.96. The predicted molar refractivity (Wildman–Crippen MR) is 42.4 cm³/mol. The Morgan fingerprint density at radius 2 is 1.38 bits per heavy atom. The van der Waals surface area contributed by atoms with Gasteiger partial charge in [0, 0.05) is 4.83 Å². The van der Waals surface area contributed by atoms with Gasteiger partial charge in [0.2, 0.25) is 0 Å². The number of halogens is 1. The molecule has 2 atom stereocenters. The fourth-order valence-corrected chi connectivity index (χ4v) is 1.14. The molecule has 8 heavy (non-hydrogen) atoms. The van der Waals surface area contributed by atoms with Crippen LogP contribution in [0.4, 0.5) is 0 Å². The van der Waals surface area contributed by atoms with Gasteiger partial charge in [-0.3, -0.25) is 0 Å². The monoisotopic (exact) mass is 178 g/mol. The Morgan fingerprint density at radius 1 is 1.00 bits per heavy atom. The summed E-state index contributed by atoms with van der Waals surface area (Å²) in [7, 11) is 0. The van der Waals surface area contributed by atoms with Crippen molar-refractivity contribution in [1.82, 2.24) is 0 Å². The van der Waals surface area contributed by atoms with E-state index in [4.69, 9.17) is 0 Å². The van der Waals surface area contributed by atoms with Crippen LogP contribution in [0.3, 0.4) is 0 Å². The highest BCUT2D eigenvalue weighted by atomic mass is 79.9. The van der Waals surface area contributed by atoms with Crippen molar-refractivity contribution in [3.8, 4) is 0 Å². The quantitative estimate of drug-likeness (QED) is 0.571. The summed E-state index contributed by atoms with van der Waals surface area (Å²) in [5, 5.41) is 0. The second kappa shape index (κ2) is 3.49. The number of hydrogen-bond acceptors (Lipinski definition) is 0. The zero-order valence-corrected chi connectivity index (χ0v) is 7.70. The molecule has 0 aliphatic heterocycles. The molecule has 0 spiro atoms. The van der Waals surface area contributed by atoms with E-state index in [9.17, 15) is 0 Å². The van der Waals surface area contributed by atoms with Crippen molar-refractivity contribution in [3.05, 3.63) is 0 Å². The van der Waals surface area contributed by atoms with Crippen molar-refractivity contribution < 1.29 is 0 Å². The normalized spacial score (nSPS) is 18.8. The molecule has 50 valence electrons. The van der Waals surface area contributed by atoms with Crippen LogP contribution in [0, 0.1) is 11.8 Å². The van der Waals surface area contributed by atoms with Crippen LogP contribution in [0.25, 0.3) is 0 Å². The maximum Gasteiger partial charge on any atom is 0.0145 e. The minimum Gasteiger partial charge on any atom is -0.0891 e. The van der Waals surface area contributed by atoms with Gasteiger partial charge in [-0.2, -0.15) is 0 Å². The molecule has 0 radical (unpaired) electrons. The van der Waals surface area contributed by atoms with Gasteiger partial charge in [0.1, 0.15) is 0 Å². The Labute approximate surface area is 60.8 Å². The van der Waals surface area contributed by atoms with Gasteiger partial charge in [0.25, 0.3) is 0 Å². The molecule has 0 N–H and O–H groups in total. The minimum absolute atomic E-state index is 0.655. The van der Waals surface area contributed by atoms with E-state index in [0.29, 0.717) is 4.83 Å². The van der Waals surface area contributed by atoms with E-state index in [2.05, 4.69) is 43.6 Å². The van der Waals surface area contributed by atoms with Gasteiger partial charge in [-0.15, -0.1) is 0 Å². The van der Waals surface area contributed by atoms with Crippen molar-refractivity contribution in [1.29, 1.82) is 0 Å². The van der Waals surface area contributed by atoms with Crippen LogP contribution in [0.2, 0.25) is 0 Å². The van der Waals surface area contributed by atoms with Gasteiger partial charge in [0.05, 0.1) is 0 Å². The summed E-state index contributed by atoms with van der Waals surface area (Å²) in [4.78, 5) is 0.655. The summed E-state index contributed by atoms with van der Waals surface area (Å²) in [6, 6.07) is 0. The highest BCUT2D eigenvalue weighted by Crippen LogP contribution is 2.19. The fraction of sp³-hybridized carbons (Fsp3) is 1.00. The summed E-state index contributed by atoms with van der Waals surface area (Å²) in [6.45, 7) is 8.97. The average molecular weight is 179 g/mol. The van der Waals surface area contributed by atoms with Crippen molar-refractivity contribution in [2.24, 2.45) is 11.8 Å². The molecule has 0 aliphatic rings. The lowest BCUT2D eigenvalue weighted by molar-refractivity contribution is 0.421. The zero-order chi connectivity index (χ0) is 6.73. The van der Waals surface area contributed by atoms with Crippen molar-refractivity contribution >= 4 is 15.9 Å². The third-order valence-corrected chi connectivity index (χ3v) is 2.61. The van der Waals surface area contributed by atoms with E-state index in [0.717, 1.165) is 11.8 Å². The van der Waals surface area contributed by atoms with Crippen molar-refractivity contribution in [2.45, 2.75) is 32.5 Å². The van der Waals surface area contributed by atoms with Crippen LogP contribution in [-0.2, 0) is 0 Å². The molecule has 1 heteroatoms. The van der Waals surface area contributed by atoms with E-state index in [1.165, 1.54) is 0 Å². The number of hydrogen-bond donors (Lipinski definition) is 0. The molecule has 0 saturated heterocycles. The second-order valence-electron chi connectivity index (χ2n) is 2.78. The van der Waals surface area contributed by atoms with Crippen molar-refractivity contribution in [2.75, 3.05) is 0 Å². The lowest BCUT2D eigenvalue weighted by Gasteiger charge is -2.17. The molecule has 0 nitrogen and oxygen atoms in total.